The minimum atomic E-state index is -0.821. The highest BCUT2D eigenvalue weighted by molar-refractivity contribution is 5.43. The van der Waals surface area contributed by atoms with Crippen LogP contribution in [0, 0.1) is 17.0 Å². The van der Waals surface area contributed by atoms with Crippen molar-refractivity contribution in [3.8, 4) is 0 Å². The van der Waals surface area contributed by atoms with Crippen LogP contribution < -0.4 is 5.32 Å². The van der Waals surface area contributed by atoms with Gasteiger partial charge in [0.05, 0.1) is 10.5 Å². The minimum absolute atomic E-state index is 0.0888. The maximum absolute atomic E-state index is 10.8. The summed E-state index contributed by atoms with van der Waals surface area (Å²) in [5.41, 5.74) is 0.842. The first kappa shape index (κ1) is 11.0. The fourth-order valence-corrected chi connectivity index (χ4v) is 1.93. The molecule has 1 fully saturated rings. The molecule has 2 rings (SSSR count). The highest BCUT2D eigenvalue weighted by Crippen LogP contribution is 2.26. The van der Waals surface area contributed by atoms with Crippen LogP contribution in [0.15, 0.2) is 18.2 Å². The fraction of sp³-hybridized carbons (Fsp3) is 0.455. The number of nitro benzene ring substituents is 1. The van der Waals surface area contributed by atoms with Crippen molar-refractivity contribution >= 4 is 5.69 Å². The molecule has 0 aromatic heterocycles. The van der Waals surface area contributed by atoms with Crippen molar-refractivity contribution in [2.75, 3.05) is 13.1 Å². The summed E-state index contributed by atoms with van der Waals surface area (Å²) in [5, 5.41) is 23.8. The zero-order chi connectivity index (χ0) is 11.8. The Balaban J connectivity index is 2.30. The number of hydrogen-bond acceptors (Lipinski definition) is 4. The van der Waals surface area contributed by atoms with E-state index in [0.717, 1.165) is 5.56 Å². The van der Waals surface area contributed by atoms with Crippen molar-refractivity contribution in [2.45, 2.75) is 18.9 Å². The molecule has 0 saturated carbocycles. The highest BCUT2D eigenvalue weighted by atomic mass is 16.6. The zero-order valence-electron chi connectivity index (χ0n) is 9.06. The Bertz CT molecular complexity index is 427. The number of benzene rings is 1. The summed E-state index contributed by atoms with van der Waals surface area (Å²) in [7, 11) is 0. The monoisotopic (exact) mass is 222 g/mol. The Morgan fingerprint density at radius 2 is 2.25 bits per heavy atom. The van der Waals surface area contributed by atoms with Gasteiger partial charge in [0, 0.05) is 31.1 Å². The molecule has 0 unspecified atom stereocenters. The molecule has 5 nitrogen and oxygen atoms in total. The van der Waals surface area contributed by atoms with E-state index in [1.807, 2.05) is 6.92 Å². The lowest BCUT2D eigenvalue weighted by molar-refractivity contribution is -0.385. The molecule has 1 heterocycles. The molecule has 0 aliphatic carbocycles. The van der Waals surface area contributed by atoms with Crippen LogP contribution in [0.25, 0.3) is 0 Å². The molecule has 1 aromatic carbocycles. The Morgan fingerprint density at radius 3 is 2.75 bits per heavy atom. The molecule has 16 heavy (non-hydrogen) atoms. The lowest BCUT2D eigenvalue weighted by atomic mass is 9.88. The molecule has 0 spiro atoms. The van der Waals surface area contributed by atoms with Gasteiger partial charge in [-0.25, -0.2) is 0 Å². The molecule has 1 aliphatic rings. The molecule has 0 amide bonds. The van der Waals surface area contributed by atoms with Crippen LogP contribution in [0.2, 0.25) is 0 Å². The molecule has 1 aliphatic heterocycles. The van der Waals surface area contributed by atoms with Crippen molar-refractivity contribution < 1.29 is 10.0 Å². The van der Waals surface area contributed by atoms with E-state index in [9.17, 15) is 15.2 Å². The first-order chi connectivity index (χ1) is 7.50. The third kappa shape index (κ3) is 2.05. The van der Waals surface area contributed by atoms with Crippen molar-refractivity contribution in [2.24, 2.45) is 0 Å². The normalized spacial score (nSPS) is 17.9. The van der Waals surface area contributed by atoms with Crippen LogP contribution >= 0.6 is 0 Å². The number of nitrogens with one attached hydrogen (secondary N) is 1. The standard InChI is InChI=1S/C11H14N2O3/c1-8-2-3-10(13(15)16)9(4-8)5-11(14)6-12-7-11/h2-4,12,14H,5-7H2,1H3. The van der Waals surface area contributed by atoms with Crippen molar-refractivity contribution in [1.82, 2.24) is 5.32 Å². The number of rotatable bonds is 3. The Hall–Kier alpha value is -1.46. The van der Waals surface area contributed by atoms with Crippen LogP contribution in [-0.4, -0.2) is 28.7 Å². The van der Waals surface area contributed by atoms with Crippen LogP contribution in [0.1, 0.15) is 11.1 Å². The van der Waals surface area contributed by atoms with Gasteiger partial charge in [-0.3, -0.25) is 10.1 Å². The third-order valence-corrected chi connectivity index (χ3v) is 2.86. The van der Waals surface area contributed by atoms with Gasteiger partial charge in [0.1, 0.15) is 0 Å². The molecular weight excluding hydrogens is 208 g/mol. The molecule has 0 atom stereocenters. The van der Waals surface area contributed by atoms with Gasteiger partial charge in [-0.2, -0.15) is 0 Å². The van der Waals surface area contributed by atoms with E-state index >= 15 is 0 Å². The van der Waals surface area contributed by atoms with Crippen LogP contribution in [-0.2, 0) is 6.42 Å². The molecule has 1 aromatic rings. The second-order valence-electron chi connectivity index (χ2n) is 4.39. The van der Waals surface area contributed by atoms with E-state index in [4.69, 9.17) is 0 Å². The van der Waals surface area contributed by atoms with Crippen molar-refractivity contribution in [3.05, 3.63) is 39.4 Å². The van der Waals surface area contributed by atoms with Crippen molar-refractivity contribution in [3.63, 3.8) is 0 Å². The van der Waals surface area contributed by atoms with E-state index in [0.29, 0.717) is 25.1 Å². The van der Waals surface area contributed by atoms with Crippen molar-refractivity contribution in [1.29, 1.82) is 0 Å². The smallest absolute Gasteiger partial charge is 0.272 e. The van der Waals surface area contributed by atoms with Gasteiger partial charge in [-0.05, 0) is 13.0 Å². The predicted octanol–water partition coefficient (Wildman–Crippen LogP) is 0.780. The lowest BCUT2D eigenvalue weighted by Gasteiger charge is -2.37. The number of hydrogen-bond donors (Lipinski definition) is 2. The van der Waals surface area contributed by atoms with Gasteiger partial charge < -0.3 is 10.4 Å². The first-order valence-electron chi connectivity index (χ1n) is 5.17. The molecule has 5 heteroatoms. The van der Waals surface area contributed by atoms with E-state index in [1.165, 1.54) is 6.07 Å². The predicted molar refractivity (Wildman–Crippen MR) is 59.4 cm³/mol. The Labute approximate surface area is 93.2 Å². The summed E-state index contributed by atoms with van der Waals surface area (Å²) in [4.78, 5) is 10.4. The van der Waals surface area contributed by atoms with Crippen LogP contribution in [0.4, 0.5) is 5.69 Å². The van der Waals surface area contributed by atoms with Crippen LogP contribution in [0.3, 0.4) is 0 Å². The quantitative estimate of drug-likeness (QED) is 0.585. The Kier molecular flexibility index (Phi) is 2.65. The zero-order valence-corrected chi connectivity index (χ0v) is 9.06. The fourth-order valence-electron chi connectivity index (χ4n) is 1.93. The summed E-state index contributed by atoms with van der Waals surface area (Å²) < 4.78 is 0. The second kappa shape index (κ2) is 3.84. The topological polar surface area (TPSA) is 75.4 Å². The average Bonchev–Trinajstić information content (AvgIpc) is 2.15. The maximum atomic E-state index is 10.8. The van der Waals surface area contributed by atoms with Crippen LogP contribution in [0.5, 0.6) is 0 Å². The van der Waals surface area contributed by atoms with Gasteiger partial charge in [-0.15, -0.1) is 0 Å². The molecule has 2 N–H and O–H groups in total. The Morgan fingerprint density at radius 1 is 1.56 bits per heavy atom. The first-order valence-corrected chi connectivity index (χ1v) is 5.17. The summed E-state index contributed by atoms with van der Waals surface area (Å²) in [6.07, 6.45) is 0.331. The number of aryl methyl sites for hydroxylation is 1. The molecular formula is C11H14N2O3. The maximum Gasteiger partial charge on any atom is 0.272 e. The number of β-amino-alcohol motifs (C(OH)–C–C–N with tert-alkyl or cyclic N) is 1. The summed E-state index contributed by atoms with van der Waals surface area (Å²) in [5.74, 6) is 0. The van der Waals surface area contributed by atoms with Gasteiger partial charge in [0.25, 0.3) is 5.69 Å². The molecule has 0 bridgehead atoms. The SMILES string of the molecule is Cc1ccc([N+](=O)[O-])c(CC2(O)CNC2)c1. The number of nitrogens with zero attached hydrogens (tertiary/aromatic N) is 1. The summed E-state index contributed by atoms with van der Waals surface area (Å²) >= 11 is 0. The second-order valence-corrected chi connectivity index (χ2v) is 4.39. The van der Waals surface area contributed by atoms with Gasteiger partial charge in [0.2, 0.25) is 0 Å². The van der Waals surface area contributed by atoms with Gasteiger partial charge >= 0.3 is 0 Å². The van der Waals surface area contributed by atoms with E-state index in [1.54, 1.807) is 12.1 Å². The molecule has 0 radical (unpaired) electrons. The summed E-state index contributed by atoms with van der Waals surface area (Å²) in [6, 6.07) is 4.99. The molecule has 1 saturated heterocycles. The van der Waals surface area contributed by atoms with Gasteiger partial charge in [0.15, 0.2) is 0 Å². The van der Waals surface area contributed by atoms with Gasteiger partial charge in [-0.1, -0.05) is 11.6 Å². The molecule has 86 valence electrons. The summed E-state index contributed by atoms with van der Waals surface area (Å²) in [6.45, 7) is 2.88. The van der Waals surface area contributed by atoms with E-state index < -0.39 is 10.5 Å². The third-order valence-electron chi connectivity index (χ3n) is 2.86. The number of nitro groups is 1. The largest absolute Gasteiger partial charge is 0.387 e. The minimum Gasteiger partial charge on any atom is -0.387 e. The lowest BCUT2D eigenvalue weighted by Crippen LogP contribution is -2.60. The highest BCUT2D eigenvalue weighted by Gasteiger charge is 2.36. The number of aliphatic hydroxyl groups is 1. The average molecular weight is 222 g/mol. The van der Waals surface area contributed by atoms with E-state index in [2.05, 4.69) is 5.32 Å². The van der Waals surface area contributed by atoms with E-state index in [-0.39, 0.29) is 5.69 Å².